The standard InChI is InChI=1S/C13H16N2O2S2/c1-10-7-8-11(18-10)9-15-19(16,17)13-6-4-3-5-12(13)14-2/h3-8,14-15H,9H2,1-2H3. The third-order valence-electron chi connectivity index (χ3n) is 2.68. The van der Waals surface area contributed by atoms with Crippen LogP contribution in [0.25, 0.3) is 0 Å². The highest BCUT2D eigenvalue weighted by molar-refractivity contribution is 7.89. The predicted molar refractivity (Wildman–Crippen MR) is 79.1 cm³/mol. The second-order valence-corrected chi connectivity index (χ2v) is 7.19. The summed E-state index contributed by atoms with van der Waals surface area (Å²) in [5.41, 5.74) is 0.595. The van der Waals surface area contributed by atoms with E-state index in [0.717, 1.165) is 4.88 Å². The minimum atomic E-state index is -3.50. The quantitative estimate of drug-likeness (QED) is 0.891. The molecule has 2 rings (SSSR count). The van der Waals surface area contributed by atoms with Crippen molar-refractivity contribution >= 4 is 27.0 Å². The number of nitrogens with one attached hydrogen (secondary N) is 2. The Bertz CT molecular complexity index is 663. The van der Waals surface area contributed by atoms with Crippen LogP contribution in [0.5, 0.6) is 0 Å². The third-order valence-corrected chi connectivity index (χ3v) is 5.14. The molecule has 0 saturated heterocycles. The fraction of sp³-hybridized carbons (Fsp3) is 0.231. The molecule has 19 heavy (non-hydrogen) atoms. The molecule has 0 unspecified atom stereocenters. The first-order valence-electron chi connectivity index (χ1n) is 5.84. The Labute approximate surface area is 117 Å². The van der Waals surface area contributed by atoms with Crippen molar-refractivity contribution in [2.45, 2.75) is 18.4 Å². The van der Waals surface area contributed by atoms with Crippen molar-refractivity contribution in [1.29, 1.82) is 0 Å². The van der Waals surface area contributed by atoms with Crippen molar-refractivity contribution in [1.82, 2.24) is 4.72 Å². The lowest BCUT2D eigenvalue weighted by atomic mass is 10.3. The summed E-state index contributed by atoms with van der Waals surface area (Å²) in [5.74, 6) is 0. The molecule has 0 spiro atoms. The zero-order chi connectivity index (χ0) is 13.9. The summed E-state index contributed by atoms with van der Waals surface area (Å²) in [6, 6.07) is 10.8. The zero-order valence-corrected chi connectivity index (χ0v) is 12.4. The van der Waals surface area contributed by atoms with Gasteiger partial charge in [0.15, 0.2) is 0 Å². The number of thiophene rings is 1. The maximum Gasteiger partial charge on any atom is 0.242 e. The van der Waals surface area contributed by atoms with Crippen LogP contribution >= 0.6 is 11.3 Å². The average Bonchev–Trinajstić information content (AvgIpc) is 2.82. The molecule has 1 aromatic carbocycles. The molecule has 0 atom stereocenters. The van der Waals surface area contributed by atoms with Gasteiger partial charge in [-0.3, -0.25) is 0 Å². The van der Waals surface area contributed by atoms with E-state index in [1.807, 2.05) is 19.1 Å². The Balaban J connectivity index is 2.18. The van der Waals surface area contributed by atoms with Gasteiger partial charge in [-0.25, -0.2) is 13.1 Å². The third kappa shape index (κ3) is 3.34. The zero-order valence-electron chi connectivity index (χ0n) is 10.8. The van der Waals surface area contributed by atoms with E-state index in [0.29, 0.717) is 12.2 Å². The number of aryl methyl sites for hydroxylation is 1. The van der Waals surface area contributed by atoms with E-state index in [2.05, 4.69) is 10.0 Å². The van der Waals surface area contributed by atoms with Gasteiger partial charge < -0.3 is 5.32 Å². The fourth-order valence-electron chi connectivity index (χ4n) is 1.73. The van der Waals surface area contributed by atoms with E-state index in [1.54, 1.807) is 42.6 Å². The van der Waals surface area contributed by atoms with E-state index in [1.165, 1.54) is 4.88 Å². The summed E-state index contributed by atoms with van der Waals surface area (Å²) >= 11 is 1.59. The first kappa shape index (κ1) is 14.0. The van der Waals surface area contributed by atoms with E-state index in [-0.39, 0.29) is 4.90 Å². The SMILES string of the molecule is CNc1ccccc1S(=O)(=O)NCc1ccc(C)s1. The molecule has 2 aromatic rings. The molecular formula is C13H16N2O2S2. The van der Waals surface area contributed by atoms with Crippen LogP contribution in [0.2, 0.25) is 0 Å². The molecule has 0 saturated carbocycles. The lowest BCUT2D eigenvalue weighted by Gasteiger charge is -2.10. The summed E-state index contributed by atoms with van der Waals surface area (Å²) in [7, 11) is -1.79. The summed E-state index contributed by atoms with van der Waals surface area (Å²) in [6.07, 6.45) is 0. The Morgan fingerprint density at radius 2 is 1.89 bits per heavy atom. The molecule has 4 nitrogen and oxygen atoms in total. The summed E-state index contributed by atoms with van der Waals surface area (Å²) in [6.45, 7) is 2.32. The largest absolute Gasteiger partial charge is 0.387 e. The van der Waals surface area contributed by atoms with Gasteiger partial charge in [0.2, 0.25) is 10.0 Å². The van der Waals surface area contributed by atoms with Gasteiger partial charge in [0, 0.05) is 23.3 Å². The van der Waals surface area contributed by atoms with Crippen molar-refractivity contribution in [3.63, 3.8) is 0 Å². The fourth-order valence-corrected chi connectivity index (χ4v) is 3.87. The molecule has 0 amide bonds. The molecular weight excluding hydrogens is 280 g/mol. The number of para-hydroxylation sites is 1. The number of sulfonamides is 1. The maximum atomic E-state index is 12.2. The van der Waals surface area contributed by atoms with Crippen LogP contribution in [0.3, 0.4) is 0 Å². The summed E-state index contributed by atoms with van der Waals surface area (Å²) in [5, 5.41) is 2.89. The molecule has 0 fully saturated rings. The van der Waals surface area contributed by atoms with Crippen molar-refractivity contribution in [3.8, 4) is 0 Å². The van der Waals surface area contributed by atoms with Crippen LogP contribution in [0, 0.1) is 6.92 Å². The first-order valence-corrected chi connectivity index (χ1v) is 8.14. The van der Waals surface area contributed by atoms with Gasteiger partial charge >= 0.3 is 0 Å². The normalized spacial score (nSPS) is 11.5. The van der Waals surface area contributed by atoms with Crippen molar-refractivity contribution < 1.29 is 8.42 Å². The van der Waals surface area contributed by atoms with Crippen molar-refractivity contribution in [2.24, 2.45) is 0 Å². The number of hydrogen-bond acceptors (Lipinski definition) is 4. The number of hydrogen-bond donors (Lipinski definition) is 2. The molecule has 0 radical (unpaired) electrons. The molecule has 0 aliphatic carbocycles. The smallest absolute Gasteiger partial charge is 0.242 e. The molecule has 1 aromatic heterocycles. The Kier molecular flexibility index (Phi) is 4.24. The van der Waals surface area contributed by atoms with Gasteiger partial charge in [-0.05, 0) is 31.2 Å². The highest BCUT2D eigenvalue weighted by Gasteiger charge is 2.17. The Morgan fingerprint density at radius 1 is 1.16 bits per heavy atom. The van der Waals surface area contributed by atoms with Crippen LogP contribution in [0.4, 0.5) is 5.69 Å². The minimum Gasteiger partial charge on any atom is -0.387 e. The maximum absolute atomic E-state index is 12.2. The van der Waals surface area contributed by atoms with E-state index >= 15 is 0 Å². The monoisotopic (exact) mass is 296 g/mol. The Morgan fingerprint density at radius 3 is 2.53 bits per heavy atom. The molecule has 102 valence electrons. The van der Waals surface area contributed by atoms with Gasteiger partial charge in [-0.15, -0.1) is 11.3 Å². The molecule has 0 bridgehead atoms. The van der Waals surface area contributed by atoms with Crippen molar-refractivity contribution in [2.75, 3.05) is 12.4 Å². The first-order chi connectivity index (χ1) is 9.03. The van der Waals surface area contributed by atoms with Crippen LogP contribution in [0.1, 0.15) is 9.75 Å². The van der Waals surface area contributed by atoms with Gasteiger partial charge in [0.1, 0.15) is 4.90 Å². The topological polar surface area (TPSA) is 58.2 Å². The summed E-state index contributed by atoms with van der Waals surface area (Å²) in [4.78, 5) is 2.44. The average molecular weight is 296 g/mol. The lowest BCUT2D eigenvalue weighted by molar-refractivity contribution is 0.582. The molecule has 0 aliphatic rings. The van der Waals surface area contributed by atoms with E-state index in [4.69, 9.17) is 0 Å². The van der Waals surface area contributed by atoms with Gasteiger partial charge in [0.05, 0.1) is 5.69 Å². The Hall–Kier alpha value is -1.37. The molecule has 0 aliphatic heterocycles. The highest BCUT2D eigenvalue weighted by atomic mass is 32.2. The molecule has 2 N–H and O–H groups in total. The second-order valence-electron chi connectivity index (χ2n) is 4.08. The highest BCUT2D eigenvalue weighted by Crippen LogP contribution is 2.21. The number of benzene rings is 1. The predicted octanol–water partition coefficient (Wildman–Crippen LogP) is 2.58. The minimum absolute atomic E-state index is 0.269. The van der Waals surface area contributed by atoms with Crippen LogP contribution in [0.15, 0.2) is 41.3 Å². The van der Waals surface area contributed by atoms with Crippen LogP contribution in [-0.4, -0.2) is 15.5 Å². The van der Waals surface area contributed by atoms with E-state index in [9.17, 15) is 8.42 Å². The van der Waals surface area contributed by atoms with Gasteiger partial charge in [-0.2, -0.15) is 0 Å². The lowest BCUT2D eigenvalue weighted by Crippen LogP contribution is -2.23. The molecule has 1 heterocycles. The van der Waals surface area contributed by atoms with Crippen LogP contribution < -0.4 is 10.0 Å². The van der Waals surface area contributed by atoms with E-state index < -0.39 is 10.0 Å². The van der Waals surface area contributed by atoms with Crippen molar-refractivity contribution in [3.05, 3.63) is 46.2 Å². The van der Waals surface area contributed by atoms with Crippen LogP contribution in [-0.2, 0) is 16.6 Å². The van der Waals surface area contributed by atoms with Gasteiger partial charge in [0.25, 0.3) is 0 Å². The molecule has 6 heteroatoms. The number of rotatable bonds is 5. The summed E-state index contributed by atoms with van der Waals surface area (Å²) < 4.78 is 27.1. The van der Waals surface area contributed by atoms with Gasteiger partial charge in [-0.1, -0.05) is 12.1 Å². The second kappa shape index (κ2) is 5.73. The number of anilines is 1.